The van der Waals surface area contributed by atoms with E-state index in [1.165, 1.54) is 189 Å². The Morgan fingerprint density at radius 2 is 0.406 bits per heavy atom. The highest BCUT2D eigenvalue weighted by atomic mass is 31.3. The number of nitrogens with zero attached hydrogens (tertiary/aromatic N) is 9. The van der Waals surface area contributed by atoms with E-state index in [0.29, 0.717) is 33.4 Å². The summed E-state index contributed by atoms with van der Waals surface area (Å²) in [5, 5.41) is 22.5. The maximum atomic E-state index is 11.8. The molecule has 96 heavy (non-hydrogen) atoms. The fraction of sp³-hybridized carbons (Fsp3) is 0.200. The van der Waals surface area contributed by atoms with Crippen LogP contribution in [0.15, 0.2) is 154 Å². The molecule has 0 amide bonds. The van der Waals surface area contributed by atoms with E-state index in [1.54, 1.807) is 0 Å². The Labute approximate surface area is 547 Å². The van der Waals surface area contributed by atoms with E-state index in [9.17, 15) is 28.8 Å². The highest BCUT2D eigenvalue weighted by Crippen LogP contribution is 2.80. The van der Waals surface area contributed by atoms with Crippen molar-refractivity contribution < 1.29 is 113 Å². The van der Waals surface area contributed by atoms with E-state index < -0.39 is 58.8 Å². The molecule has 0 atom stereocenters. The van der Waals surface area contributed by atoms with Crippen LogP contribution in [-0.2, 0) is 57.8 Å². The van der Waals surface area contributed by atoms with E-state index in [0.717, 1.165) is 41.5 Å². The van der Waals surface area contributed by atoms with Gasteiger partial charge in [0.1, 0.15) is 0 Å². The SMILES string of the molecule is COc1cc(/C=N/OC(C)=O)ccc1OP1(Oc2ccc(/C=N/OC(C)=O)cc2OC)=NP(Oc2ccc(/C=N/OC(C)=O)cc2OC)(Oc2ccc(/C=N/OC(C)=O)cc2OC)=NP(Oc2ccc(/C=N/OC(C)=O)cc2OC)(Oc2ccc(/C=N/OC(C)=O)cc2OC)=N1. The number of hydrogen-bond donors (Lipinski definition) is 0. The van der Waals surface area contributed by atoms with Crippen LogP contribution >= 0.6 is 23.0 Å². The zero-order chi connectivity index (χ0) is 69.4. The van der Waals surface area contributed by atoms with Gasteiger partial charge in [0.15, 0.2) is 69.0 Å². The molecule has 0 aliphatic carbocycles. The summed E-state index contributed by atoms with van der Waals surface area (Å²) in [5.74, 6) is -5.49. The van der Waals surface area contributed by atoms with Gasteiger partial charge in [0.2, 0.25) is 0 Å². The lowest BCUT2D eigenvalue weighted by molar-refractivity contribution is -0.141. The molecule has 1 aliphatic heterocycles. The van der Waals surface area contributed by atoms with E-state index in [2.05, 4.69) is 30.9 Å². The van der Waals surface area contributed by atoms with E-state index in [1.807, 2.05) is 0 Å². The average molecular weight is 1380 g/mol. The summed E-state index contributed by atoms with van der Waals surface area (Å²) in [4.78, 5) is 99.6. The van der Waals surface area contributed by atoms with Crippen LogP contribution in [0.3, 0.4) is 0 Å². The Kier molecular flexibility index (Phi) is 25.3. The van der Waals surface area contributed by atoms with Crippen molar-refractivity contribution in [1.29, 1.82) is 0 Å². The molecule has 1 aliphatic rings. The highest BCUT2D eigenvalue weighted by molar-refractivity contribution is 7.79. The van der Waals surface area contributed by atoms with Crippen molar-refractivity contribution in [2.24, 2.45) is 44.5 Å². The summed E-state index contributed by atoms with van der Waals surface area (Å²) >= 11 is 0. The van der Waals surface area contributed by atoms with Crippen molar-refractivity contribution in [3.8, 4) is 69.0 Å². The molecule has 0 saturated carbocycles. The molecule has 6 aromatic carbocycles. The predicted molar refractivity (Wildman–Crippen MR) is 346 cm³/mol. The molecule has 0 radical (unpaired) electrons. The van der Waals surface area contributed by atoms with Crippen LogP contribution in [0.4, 0.5) is 0 Å². The Hall–Kier alpha value is -11.6. The van der Waals surface area contributed by atoms with Crippen LogP contribution in [-0.4, -0.2) is 116 Å². The predicted octanol–water partition coefficient (Wildman–Crippen LogP) is 11.7. The zero-order valence-electron chi connectivity index (χ0n) is 53.0. The van der Waals surface area contributed by atoms with Crippen LogP contribution in [0.5, 0.6) is 69.0 Å². The van der Waals surface area contributed by atoms with Crippen LogP contribution in [0, 0.1) is 0 Å². The van der Waals surface area contributed by atoms with Crippen LogP contribution in [0.2, 0.25) is 0 Å². The van der Waals surface area contributed by atoms with Crippen molar-refractivity contribution >= 4 is 96.1 Å². The van der Waals surface area contributed by atoms with E-state index >= 15 is 0 Å². The second kappa shape index (κ2) is 33.9. The van der Waals surface area contributed by atoms with E-state index in [4.69, 9.17) is 98.1 Å². The smallest absolute Gasteiger partial charge is 0.461 e. The molecule has 504 valence electrons. The van der Waals surface area contributed by atoms with E-state index in [-0.39, 0.29) is 69.0 Å². The number of hydrogen-bond acceptors (Lipinski definition) is 33. The summed E-state index contributed by atoms with van der Waals surface area (Å²) in [7, 11) is -7.36. The molecule has 0 fully saturated rings. The first-order valence-electron chi connectivity index (χ1n) is 27.4. The molecule has 6 aromatic rings. The standard InChI is InChI=1S/C60H60N9O24P3/c1-37(70)82-61-31-43-13-19-49(55(25-43)76-7)88-94(89-50-20-14-44(26-56(50)77-8)32-62-83-38(2)71)67-95(90-51-21-15-45(27-57(51)78-9)33-63-84-39(3)72,91-52-22-16-46(28-58(52)79-10)34-64-85-40(4)73)69-96(68-94,92-53-23-17-47(29-59(53)80-11)35-65-86-41(5)74)93-54-24-18-48(30-60(54)81-12)36-66-87-42(6)75/h13-36H,1-12H3/b61-31+,62-32+,63-33+,64-34+,65-35+,66-36+. The highest BCUT2D eigenvalue weighted by Gasteiger charge is 2.50. The van der Waals surface area contributed by atoms with Gasteiger partial charge < -0.3 is 84.6 Å². The minimum Gasteiger partial charge on any atom is -0.493 e. The lowest BCUT2D eigenvalue weighted by Crippen LogP contribution is -2.12. The average Bonchev–Trinajstić information content (AvgIpc) is 0.725. The lowest BCUT2D eigenvalue weighted by atomic mass is 10.2. The number of carbonyl (C=O) groups is 6. The van der Waals surface area contributed by atoms with Crippen LogP contribution in [0.25, 0.3) is 0 Å². The minimum absolute atomic E-state index is 0.0427. The van der Waals surface area contributed by atoms with Crippen LogP contribution < -0.4 is 55.6 Å². The molecule has 1 heterocycles. The third kappa shape index (κ3) is 20.7. The summed E-state index contributed by atoms with van der Waals surface area (Å²) in [6, 6.07) is 26.3. The quantitative estimate of drug-likeness (QED) is 0.0175. The lowest BCUT2D eigenvalue weighted by Gasteiger charge is -2.34. The van der Waals surface area contributed by atoms with Gasteiger partial charge in [0, 0.05) is 74.9 Å². The maximum absolute atomic E-state index is 11.8. The monoisotopic (exact) mass is 1380 g/mol. The molecular formula is C60H60N9O24P3. The largest absolute Gasteiger partial charge is 0.493 e. The van der Waals surface area contributed by atoms with Crippen LogP contribution in [0.1, 0.15) is 74.9 Å². The number of methoxy groups -OCH3 is 6. The van der Waals surface area contributed by atoms with Crippen molar-refractivity contribution in [1.82, 2.24) is 0 Å². The number of benzene rings is 6. The van der Waals surface area contributed by atoms with Gasteiger partial charge in [0.25, 0.3) is 0 Å². The van der Waals surface area contributed by atoms with Gasteiger partial charge in [-0.25, -0.2) is 28.8 Å². The molecule has 0 spiro atoms. The Balaban J connectivity index is 1.72. The number of ether oxygens (including phenoxy) is 6. The summed E-state index contributed by atoms with van der Waals surface area (Å²) in [5.41, 5.74) is 1.92. The summed E-state index contributed by atoms with van der Waals surface area (Å²) < 4.78 is 94.7. The first kappa shape index (κ1) is 71.9. The van der Waals surface area contributed by atoms with Gasteiger partial charge in [-0.15, -0.1) is 0 Å². The first-order valence-corrected chi connectivity index (χ1v) is 32.0. The third-order valence-corrected chi connectivity index (χ3v) is 19.4. The second-order valence-corrected chi connectivity index (χ2v) is 24.8. The molecule has 7 rings (SSSR count). The van der Waals surface area contributed by atoms with Gasteiger partial charge in [-0.05, 0) is 109 Å². The topological polar surface area (TPSA) is 380 Å². The molecular weight excluding hydrogens is 1320 g/mol. The van der Waals surface area contributed by atoms with Crippen molar-refractivity contribution in [2.45, 2.75) is 41.5 Å². The number of oxime groups is 6. The van der Waals surface area contributed by atoms with Crippen molar-refractivity contribution in [3.05, 3.63) is 143 Å². The third-order valence-electron chi connectivity index (χ3n) is 11.4. The van der Waals surface area contributed by atoms with Crippen molar-refractivity contribution in [3.63, 3.8) is 0 Å². The maximum Gasteiger partial charge on any atom is 0.461 e. The Morgan fingerprint density at radius 3 is 0.531 bits per heavy atom. The van der Waals surface area contributed by atoms with Crippen molar-refractivity contribution in [2.75, 3.05) is 42.7 Å². The first-order chi connectivity index (χ1) is 46.0. The normalized spacial score (nSPS) is 13.5. The molecule has 33 nitrogen and oxygen atoms in total. The fourth-order valence-corrected chi connectivity index (χ4v) is 16.7. The second-order valence-electron chi connectivity index (χ2n) is 18.7. The molecule has 0 unspecified atom stereocenters. The number of carbonyl (C=O) groups excluding carboxylic acids is 6. The zero-order valence-corrected chi connectivity index (χ0v) is 55.7. The van der Waals surface area contributed by atoms with Gasteiger partial charge in [-0.2, -0.15) is 0 Å². The fourth-order valence-electron chi connectivity index (χ4n) is 7.53. The van der Waals surface area contributed by atoms with Gasteiger partial charge in [-0.1, -0.05) is 44.5 Å². The minimum atomic E-state index is -5.09. The molecule has 36 heteroatoms. The molecule has 0 saturated heterocycles. The molecule has 0 N–H and O–H groups in total. The molecule has 0 aromatic heterocycles. The summed E-state index contributed by atoms with van der Waals surface area (Å²) in [6.45, 7) is 6.98. The van der Waals surface area contributed by atoms with Gasteiger partial charge >= 0.3 is 58.8 Å². The Bertz CT molecular complexity index is 3600. The number of rotatable bonds is 30. The molecule has 0 bridgehead atoms. The summed E-state index contributed by atoms with van der Waals surface area (Å²) in [6.07, 6.45) is 7.34. The Morgan fingerprint density at radius 1 is 0.260 bits per heavy atom. The van der Waals surface area contributed by atoms with Gasteiger partial charge in [0.05, 0.1) is 79.9 Å². The van der Waals surface area contributed by atoms with Gasteiger partial charge in [-0.3, -0.25) is 0 Å².